The third-order valence-electron chi connectivity index (χ3n) is 14.6. The number of hydrogen-bond acceptors (Lipinski definition) is 13. The van der Waals surface area contributed by atoms with E-state index in [9.17, 15) is 19.2 Å². The van der Waals surface area contributed by atoms with Gasteiger partial charge in [0, 0.05) is 103 Å². The van der Waals surface area contributed by atoms with Crippen LogP contribution in [0.2, 0.25) is 0 Å². The number of esters is 2. The number of urea groups is 1. The molecule has 6 bridgehead atoms. The van der Waals surface area contributed by atoms with Crippen molar-refractivity contribution in [1.82, 2.24) is 36.8 Å². The van der Waals surface area contributed by atoms with Crippen molar-refractivity contribution >= 4 is 57.9 Å². The lowest BCUT2D eigenvalue weighted by Gasteiger charge is -2.40. The lowest BCUT2D eigenvalue weighted by molar-refractivity contribution is -0.139. The highest BCUT2D eigenvalue weighted by Crippen LogP contribution is 2.33. The molecule has 6 N–H and O–H groups in total. The molecule has 7 atom stereocenters. The van der Waals surface area contributed by atoms with E-state index in [4.69, 9.17) is 9.47 Å². The van der Waals surface area contributed by atoms with Crippen LogP contribution in [0.15, 0.2) is 60.7 Å². The molecule has 4 heterocycles. The van der Waals surface area contributed by atoms with Crippen LogP contribution in [-0.4, -0.2) is 85.3 Å². The van der Waals surface area contributed by atoms with Gasteiger partial charge in [-0.1, -0.05) is 51.7 Å². The summed E-state index contributed by atoms with van der Waals surface area (Å²) in [4.78, 5) is 61.8. The van der Waals surface area contributed by atoms with E-state index in [1.807, 2.05) is 27.6 Å². The standard InChI is InChI=1S/C54H79N7O6S3/c1-36(2)52(63)66-29-27-55-51(62)39-18-17-38-11-5-6-12-46(38)57-31-44-25-26-45(70-44)35-61(54(65)56-28-30-67-53(64)37(3)4)50-16-10-9-15-49(50)60-34-43-24-23-42(69-43)33-59-48-14-8-7-13-47(48)58-32-41-22-21-40(68-41)20-19-39/h21-26,38-39,46-50,57-60H,1,3,5-20,27-35H2,2,4H3,(H,55,62)(H,56,65). The Balaban J connectivity index is 1.08. The van der Waals surface area contributed by atoms with Crippen LogP contribution in [0, 0.1) is 11.8 Å². The van der Waals surface area contributed by atoms with Crippen LogP contribution in [0.25, 0.3) is 0 Å². The van der Waals surface area contributed by atoms with Gasteiger partial charge in [-0.05, 0) is 120 Å². The zero-order valence-corrected chi connectivity index (χ0v) is 44.2. The number of amides is 3. The Morgan fingerprint density at radius 1 is 0.557 bits per heavy atom. The highest BCUT2D eigenvalue weighted by atomic mass is 32.1. The van der Waals surface area contributed by atoms with Gasteiger partial charge in [-0.3, -0.25) is 4.79 Å². The smallest absolute Gasteiger partial charge is 0.333 e. The van der Waals surface area contributed by atoms with Gasteiger partial charge in [0.1, 0.15) is 13.2 Å². The molecule has 4 aliphatic rings. The van der Waals surface area contributed by atoms with E-state index in [1.165, 1.54) is 50.1 Å². The van der Waals surface area contributed by atoms with E-state index in [0.29, 0.717) is 41.7 Å². The van der Waals surface area contributed by atoms with Crippen LogP contribution in [-0.2, 0) is 63.0 Å². The molecule has 3 aliphatic carbocycles. The zero-order valence-electron chi connectivity index (χ0n) is 41.7. The summed E-state index contributed by atoms with van der Waals surface area (Å²) >= 11 is 5.49. The first-order valence-corrected chi connectivity index (χ1v) is 28.6. The molecule has 7 rings (SSSR count). The van der Waals surface area contributed by atoms with Crippen LogP contribution in [0.3, 0.4) is 0 Å². The number of carbonyl (C=O) groups excluding carboxylic acids is 4. The fourth-order valence-electron chi connectivity index (χ4n) is 10.7. The number of fused-ring (bicyclic) bond motifs is 9. The third kappa shape index (κ3) is 16.6. The monoisotopic (exact) mass is 1020 g/mol. The Morgan fingerprint density at radius 2 is 1.01 bits per heavy atom. The Morgan fingerprint density at radius 3 is 1.61 bits per heavy atom. The number of nitrogens with zero attached hydrogens (tertiary/aromatic N) is 1. The molecule has 3 saturated carbocycles. The van der Waals surface area contributed by atoms with Gasteiger partial charge in [0.2, 0.25) is 5.91 Å². The Hall–Kier alpha value is -3.90. The maximum atomic E-state index is 14.2. The van der Waals surface area contributed by atoms with Crippen LogP contribution < -0.4 is 31.9 Å². The van der Waals surface area contributed by atoms with Crippen molar-refractivity contribution in [3.63, 3.8) is 0 Å². The van der Waals surface area contributed by atoms with E-state index >= 15 is 0 Å². The second-order valence-electron chi connectivity index (χ2n) is 20.0. The van der Waals surface area contributed by atoms with E-state index < -0.39 is 11.9 Å². The SMILES string of the molecule is C=C(C)C(=O)OCCNC(=O)C1CCc2ccc(s2)CNC2CCCCC2NCc2ccc(s2)CNC2CCCCC2N(C(=O)NCCOC(=O)C(=C)C)Cc2ccc(s2)CNC2CCCCC2CC1. The number of carbonyl (C=O) groups is 4. The minimum atomic E-state index is -0.457. The molecule has 3 fully saturated rings. The number of nitrogens with one attached hydrogen (secondary N) is 6. The molecule has 3 amide bonds. The van der Waals surface area contributed by atoms with Crippen LogP contribution >= 0.6 is 34.0 Å². The second kappa shape index (κ2) is 27.8. The average Bonchev–Trinajstić information content (AvgIpc) is 4.15. The van der Waals surface area contributed by atoms with Gasteiger partial charge in [-0.2, -0.15) is 0 Å². The molecule has 70 heavy (non-hydrogen) atoms. The van der Waals surface area contributed by atoms with E-state index in [-0.39, 0.29) is 56.2 Å². The first-order chi connectivity index (χ1) is 34.0. The highest BCUT2D eigenvalue weighted by Gasteiger charge is 2.34. The molecule has 1 aliphatic heterocycles. The van der Waals surface area contributed by atoms with E-state index in [0.717, 1.165) is 108 Å². The number of ether oxygens (including phenoxy) is 2. The Bertz CT molecular complexity index is 2190. The number of thiophene rings is 3. The van der Waals surface area contributed by atoms with Crippen molar-refractivity contribution in [1.29, 1.82) is 0 Å². The van der Waals surface area contributed by atoms with Crippen molar-refractivity contribution in [3.05, 3.63) is 90.0 Å². The van der Waals surface area contributed by atoms with Gasteiger partial charge < -0.3 is 46.3 Å². The summed E-state index contributed by atoms with van der Waals surface area (Å²) < 4.78 is 10.6. The van der Waals surface area contributed by atoms with Gasteiger partial charge >= 0.3 is 18.0 Å². The molecule has 7 unspecified atom stereocenters. The fraction of sp³-hybridized carbons (Fsp3) is 0.630. The summed E-state index contributed by atoms with van der Waals surface area (Å²) in [5.41, 5.74) is 0.680. The third-order valence-corrected chi connectivity index (χ3v) is 17.9. The van der Waals surface area contributed by atoms with Crippen molar-refractivity contribution in [3.8, 4) is 0 Å². The van der Waals surface area contributed by atoms with Gasteiger partial charge in [-0.15, -0.1) is 34.0 Å². The van der Waals surface area contributed by atoms with Crippen molar-refractivity contribution in [2.45, 2.75) is 180 Å². The molecule has 0 aromatic carbocycles. The fourth-order valence-corrected chi connectivity index (χ4v) is 13.6. The molecule has 13 nitrogen and oxygen atoms in total. The van der Waals surface area contributed by atoms with Gasteiger partial charge in [0.15, 0.2) is 0 Å². The normalized spacial score (nSPS) is 25.4. The summed E-state index contributed by atoms with van der Waals surface area (Å²) in [5, 5.41) is 21.9. The highest BCUT2D eigenvalue weighted by molar-refractivity contribution is 7.12. The molecule has 3 aromatic rings. The topological polar surface area (TPSA) is 162 Å². The molecule has 3 aromatic heterocycles. The second-order valence-corrected chi connectivity index (χ2v) is 23.8. The predicted molar refractivity (Wildman–Crippen MR) is 283 cm³/mol. The minimum Gasteiger partial charge on any atom is -0.460 e. The summed E-state index contributed by atoms with van der Waals surface area (Å²) in [7, 11) is 0. The van der Waals surface area contributed by atoms with E-state index in [1.54, 1.807) is 25.2 Å². The molecular weight excluding hydrogens is 939 g/mol. The van der Waals surface area contributed by atoms with Gasteiger partial charge in [-0.25, -0.2) is 14.4 Å². The summed E-state index contributed by atoms with van der Waals surface area (Å²) in [6, 6.07) is 14.6. The molecule has 0 spiro atoms. The first kappa shape index (κ1) is 53.9. The molecular formula is C54H79N7O6S3. The molecule has 16 heteroatoms. The largest absolute Gasteiger partial charge is 0.460 e. The summed E-state index contributed by atoms with van der Waals surface area (Å²) in [5.74, 6) is -0.559. The van der Waals surface area contributed by atoms with E-state index in [2.05, 4.69) is 81.5 Å². The minimum absolute atomic E-state index is 0.00120. The Kier molecular flexibility index (Phi) is 21.4. The quantitative estimate of drug-likeness (QED) is 0.0694. The average molecular weight is 1020 g/mol. The molecule has 0 saturated heterocycles. The molecule has 384 valence electrons. The maximum Gasteiger partial charge on any atom is 0.333 e. The lowest BCUT2D eigenvalue weighted by atomic mass is 9.79. The van der Waals surface area contributed by atoms with Gasteiger partial charge in [0.25, 0.3) is 0 Å². The van der Waals surface area contributed by atoms with Crippen LogP contribution in [0.5, 0.6) is 0 Å². The summed E-state index contributed by atoms with van der Waals surface area (Å²) in [6.07, 6.45) is 16.9. The zero-order chi connectivity index (χ0) is 49.2. The predicted octanol–water partition coefficient (Wildman–Crippen LogP) is 9.02. The molecule has 0 radical (unpaired) electrons. The Labute approximate surface area is 428 Å². The number of aryl methyl sites for hydroxylation is 1. The lowest BCUT2D eigenvalue weighted by Crippen LogP contribution is -2.55. The van der Waals surface area contributed by atoms with Crippen molar-refractivity contribution in [2.75, 3.05) is 26.3 Å². The van der Waals surface area contributed by atoms with Crippen molar-refractivity contribution in [2.24, 2.45) is 11.8 Å². The van der Waals surface area contributed by atoms with Gasteiger partial charge in [0.05, 0.1) is 19.6 Å². The number of hydrogen-bond donors (Lipinski definition) is 6. The number of rotatable bonds is 9. The van der Waals surface area contributed by atoms with Crippen molar-refractivity contribution < 1.29 is 28.7 Å². The van der Waals surface area contributed by atoms with Crippen LogP contribution in [0.4, 0.5) is 4.79 Å². The first-order valence-electron chi connectivity index (χ1n) is 26.1. The maximum absolute atomic E-state index is 14.2. The van der Waals surface area contributed by atoms with Crippen LogP contribution in [0.1, 0.15) is 139 Å². The summed E-state index contributed by atoms with van der Waals surface area (Å²) in [6.45, 7) is 15.0.